The van der Waals surface area contributed by atoms with Gasteiger partial charge in [-0.05, 0) is 69.6 Å². The van der Waals surface area contributed by atoms with Gasteiger partial charge < -0.3 is 21.5 Å². The molecule has 0 spiro atoms. The lowest BCUT2D eigenvalue weighted by Gasteiger charge is -2.58. The Kier molecular flexibility index (Phi) is 5.86. The Morgan fingerprint density at radius 3 is 2.53 bits per heavy atom. The number of hydrogen-bond donors (Lipinski definition) is 3. The number of carbonyl (C=O) groups excluding carboxylic acids is 2. The van der Waals surface area contributed by atoms with Crippen LogP contribution in [0, 0.1) is 29.1 Å². The molecule has 0 aromatic carbocycles. The van der Waals surface area contributed by atoms with Crippen molar-refractivity contribution in [2.45, 2.75) is 71.4 Å². The largest absolute Gasteiger partial charge is 0.477 e. The maximum atomic E-state index is 13.3. The first-order chi connectivity index (χ1) is 15.0. The molecule has 4 aliphatic rings. The summed E-state index contributed by atoms with van der Waals surface area (Å²) in [5, 5.41) is 7.65. The molecule has 0 aliphatic heterocycles. The third-order valence-corrected chi connectivity index (χ3v) is 7.43. The molecule has 5 rings (SSSR count). The van der Waals surface area contributed by atoms with Crippen molar-refractivity contribution >= 4 is 18.0 Å². The number of carbonyl (C=O) groups is 2. The average molecular weight is 444 g/mol. The van der Waals surface area contributed by atoms with Crippen LogP contribution >= 0.6 is 0 Å². The minimum absolute atomic E-state index is 0.0355. The standard InChI is InChI=1S/C24H37N5O3/c1-14(2)13-32-21-18(12-27-29(21)6-5-23(3,4)22(25)31)20(30)28-19-16-7-15-8-17(19)11-24(26,9-15)10-16/h5-6,12,14-17,19H,7-11,13,26H2,1-4H3,(H2,25,31)(H,28,30). The summed E-state index contributed by atoms with van der Waals surface area (Å²) < 4.78 is 7.50. The van der Waals surface area contributed by atoms with Crippen molar-refractivity contribution in [2.24, 2.45) is 40.6 Å². The van der Waals surface area contributed by atoms with Crippen LogP contribution in [-0.4, -0.2) is 39.8 Å². The van der Waals surface area contributed by atoms with Gasteiger partial charge in [0.1, 0.15) is 5.56 Å². The van der Waals surface area contributed by atoms with Crippen LogP contribution < -0.4 is 21.5 Å². The Labute approximate surface area is 190 Å². The van der Waals surface area contributed by atoms with Crippen molar-refractivity contribution in [3.63, 3.8) is 0 Å². The van der Waals surface area contributed by atoms with Crippen molar-refractivity contribution in [3.05, 3.63) is 17.8 Å². The molecule has 4 fully saturated rings. The second-order valence-electron chi connectivity index (χ2n) is 11.2. The van der Waals surface area contributed by atoms with Crippen LogP contribution in [0.25, 0.3) is 6.20 Å². The van der Waals surface area contributed by atoms with Crippen molar-refractivity contribution < 1.29 is 14.3 Å². The summed E-state index contributed by atoms with van der Waals surface area (Å²) >= 11 is 0. The van der Waals surface area contributed by atoms with Crippen LogP contribution in [0.1, 0.15) is 70.2 Å². The number of primary amides is 1. The Bertz CT molecular complexity index is 903. The third kappa shape index (κ3) is 4.42. The molecule has 2 amide bonds. The topological polar surface area (TPSA) is 125 Å². The maximum Gasteiger partial charge on any atom is 0.258 e. The Morgan fingerprint density at radius 2 is 1.97 bits per heavy atom. The normalized spacial score (nSPS) is 31.4. The van der Waals surface area contributed by atoms with Crippen molar-refractivity contribution in [1.29, 1.82) is 0 Å². The summed E-state index contributed by atoms with van der Waals surface area (Å²) in [4.78, 5) is 25.0. The van der Waals surface area contributed by atoms with Crippen molar-refractivity contribution in [3.8, 4) is 5.88 Å². The molecule has 2 unspecified atom stereocenters. The summed E-state index contributed by atoms with van der Waals surface area (Å²) in [5.74, 6) is 1.65. The smallest absolute Gasteiger partial charge is 0.258 e. The molecule has 8 heteroatoms. The number of hydrogen-bond acceptors (Lipinski definition) is 5. The zero-order valence-corrected chi connectivity index (χ0v) is 19.6. The van der Waals surface area contributed by atoms with Crippen molar-refractivity contribution in [2.75, 3.05) is 6.61 Å². The Balaban J connectivity index is 1.54. The van der Waals surface area contributed by atoms with Crippen LogP contribution in [0.5, 0.6) is 5.88 Å². The summed E-state index contributed by atoms with van der Waals surface area (Å²) in [5.41, 5.74) is 11.6. The van der Waals surface area contributed by atoms with Gasteiger partial charge in [-0.3, -0.25) is 9.59 Å². The summed E-state index contributed by atoms with van der Waals surface area (Å²) in [6, 6.07) is 0.154. The first-order valence-corrected chi connectivity index (χ1v) is 11.8. The molecule has 4 aliphatic carbocycles. The Morgan fingerprint density at radius 1 is 1.31 bits per heavy atom. The molecule has 1 heterocycles. The number of nitrogens with zero attached hydrogens (tertiary/aromatic N) is 2. The SMILES string of the molecule is CC(C)COc1c(C(=O)NC2C3CC4CC2CC(N)(C4)C3)cnn1C=CC(C)(C)C(N)=O. The van der Waals surface area contributed by atoms with Crippen LogP contribution in [0.3, 0.4) is 0 Å². The van der Waals surface area contributed by atoms with Gasteiger partial charge in [-0.2, -0.15) is 5.10 Å². The number of amides is 2. The highest BCUT2D eigenvalue weighted by atomic mass is 16.5. The third-order valence-electron chi connectivity index (χ3n) is 7.43. The van der Waals surface area contributed by atoms with Crippen LogP contribution in [0.15, 0.2) is 12.3 Å². The highest BCUT2D eigenvalue weighted by molar-refractivity contribution is 5.96. The summed E-state index contributed by atoms with van der Waals surface area (Å²) in [6.07, 6.45) is 10.3. The number of nitrogens with one attached hydrogen (secondary N) is 1. The Hall–Kier alpha value is -2.35. The van der Waals surface area contributed by atoms with Gasteiger partial charge in [0.2, 0.25) is 11.8 Å². The molecule has 4 bridgehead atoms. The fourth-order valence-electron chi connectivity index (χ4n) is 5.89. The van der Waals surface area contributed by atoms with Crippen molar-refractivity contribution in [1.82, 2.24) is 15.1 Å². The van der Waals surface area contributed by atoms with Gasteiger partial charge in [0, 0.05) is 17.8 Å². The van der Waals surface area contributed by atoms with Gasteiger partial charge in [0.05, 0.1) is 18.2 Å². The number of aromatic nitrogens is 2. The molecule has 32 heavy (non-hydrogen) atoms. The van der Waals surface area contributed by atoms with Gasteiger partial charge in [0.15, 0.2) is 0 Å². The zero-order chi connectivity index (χ0) is 23.3. The predicted octanol–water partition coefficient (Wildman–Crippen LogP) is 2.54. The fraction of sp³-hybridized carbons (Fsp3) is 0.708. The van der Waals surface area contributed by atoms with Gasteiger partial charge in [-0.1, -0.05) is 19.9 Å². The molecule has 4 saturated carbocycles. The second kappa shape index (κ2) is 8.21. The van der Waals surface area contributed by atoms with E-state index in [0.29, 0.717) is 35.8 Å². The summed E-state index contributed by atoms with van der Waals surface area (Å²) in [6.45, 7) is 8.00. The highest BCUT2D eigenvalue weighted by Gasteiger charge is 2.54. The average Bonchev–Trinajstić information content (AvgIpc) is 3.09. The first kappa shape index (κ1) is 22.8. The van der Waals surface area contributed by atoms with Crippen LogP contribution in [-0.2, 0) is 4.79 Å². The molecular weight excluding hydrogens is 406 g/mol. The molecule has 0 radical (unpaired) electrons. The second-order valence-corrected chi connectivity index (χ2v) is 11.2. The summed E-state index contributed by atoms with van der Waals surface area (Å²) in [7, 11) is 0. The minimum atomic E-state index is -0.845. The molecular formula is C24H37N5O3. The molecule has 1 aromatic rings. The minimum Gasteiger partial charge on any atom is -0.477 e. The number of rotatable bonds is 8. The van der Waals surface area contributed by atoms with Crippen LogP contribution in [0.2, 0.25) is 0 Å². The van der Waals surface area contributed by atoms with Gasteiger partial charge in [-0.15, -0.1) is 0 Å². The van der Waals surface area contributed by atoms with Gasteiger partial charge in [-0.25, -0.2) is 4.68 Å². The highest BCUT2D eigenvalue weighted by Crippen LogP contribution is 2.54. The molecule has 8 nitrogen and oxygen atoms in total. The molecule has 176 valence electrons. The lowest BCUT2D eigenvalue weighted by atomic mass is 9.51. The van der Waals surface area contributed by atoms with E-state index in [1.165, 1.54) is 10.9 Å². The maximum absolute atomic E-state index is 13.3. The monoisotopic (exact) mass is 443 g/mol. The lowest BCUT2D eigenvalue weighted by molar-refractivity contribution is -0.123. The lowest BCUT2D eigenvalue weighted by Crippen LogP contribution is -2.64. The van der Waals surface area contributed by atoms with E-state index in [1.54, 1.807) is 26.1 Å². The molecule has 5 N–H and O–H groups in total. The number of nitrogens with two attached hydrogens (primary N) is 2. The quantitative estimate of drug-likeness (QED) is 0.569. The van der Waals surface area contributed by atoms with Gasteiger partial charge >= 0.3 is 0 Å². The predicted molar refractivity (Wildman–Crippen MR) is 123 cm³/mol. The van der Waals surface area contributed by atoms with Crippen LogP contribution in [0.4, 0.5) is 0 Å². The van der Waals surface area contributed by atoms with E-state index in [2.05, 4.69) is 10.4 Å². The number of ether oxygens (including phenoxy) is 1. The molecule has 0 saturated heterocycles. The van der Waals surface area contributed by atoms with E-state index in [9.17, 15) is 9.59 Å². The fourth-order valence-corrected chi connectivity index (χ4v) is 5.89. The van der Waals surface area contributed by atoms with E-state index in [0.717, 1.165) is 32.1 Å². The molecule has 1 aromatic heterocycles. The molecule has 2 atom stereocenters. The van der Waals surface area contributed by atoms with E-state index in [4.69, 9.17) is 16.2 Å². The van der Waals surface area contributed by atoms with E-state index >= 15 is 0 Å². The van der Waals surface area contributed by atoms with E-state index in [1.807, 2.05) is 13.8 Å². The first-order valence-electron chi connectivity index (χ1n) is 11.8. The van der Waals surface area contributed by atoms with E-state index < -0.39 is 11.3 Å². The van der Waals surface area contributed by atoms with E-state index in [-0.39, 0.29) is 23.4 Å². The zero-order valence-electron chi connectivity index (χ0n) is 19.6. The van der Waals surface area contributed by atoms with Gasteiger partial charge in [0.25, 0.3) is 5.91 Å².